The smallest absolute Gasteiger partial charge is 0.0843 e. The summed E-state index contributed by atoms with van der Waals surface area (Å²) in [5.41, 5.74) is 0.474. The molecule has 1 aromatic heterocycles. The molecule has 1 saturated carbocycles. The van der Waals surface area contributed by atoms with E-state index in [9.17, 15) is 0 Å². The van der Waals surface area contributed by atoms with Crippen molar-refractivity contribution in [2.75, 3.05) is 0 Å². The molecule has 0 N–H and O–H groups in total. The van der Waals surface area contributed by atoms with E-state index in [0.717, 1.165) is 11.8 Å². The molecule has 0 nitrogen and oxygen atoms in total. The van der Waals surface area contributed by atoms with Gasteiger partial charge in [0.05, 0.1) is 8.61 Å². The highest BCUT2D eigenvalue weighted by atomic mass is 79.9. The number of halogens is 3. The highest BCUT2D eigenvalue weighted by molar-refractivity contribution is 9.13. The van der Waals surface area contributed by atoms with E-state index in [-0.39, 0.29) is 0 Å². The van der Waals surface area contributed by atoms with Crippen LogP contribution in [0.5, 0.6) is 0 Å². The summed E-state index contributed by atoms with van der Waals surface area (Å²) in [7, 11) is 0. The van der Waals surface area contributed by atoms with Gasteiger partial charge in [-0.3, -0.25) is 0 Å². The average molecular weight is 473 g/mol. The van der Waals surface area contributed by atoms with Crippen LogP contribution in [-0.2, 0) is 0 Å². The number of alkyl halides is 1. The van der Waals surface area contributed by atoms with Gasteiger partial charge in [-0.15, -0.1) is 11.3 Å². The third kappa shape index (κ3) is 4.08. The summed E-state index contributed by atoms with van der Waals surface area (Å²) in [5.74, 6) is 1.68. The minimum atomic E-state index is 0.474. The fraction of sp³-hybridized carbons (Fsp3) is 0.733. The number of thiophene rings is 1. The van der Waals surface area contributed by atoms with Gasteiger partial charge in [0.25, 0.3) is 0 Å². The molecule has 0 bridgehead atoms. The van der Waals surface area contributed by atoms with Crippen LogP contribution in [0.1, 0.15) is 56.2 Å². The van der Waals surface area contributed by atoms with Gasteiger partial charge in [0.1, 0.15) is 0 Å². The van der Waals surface area contributed by atoms with E-state index < -0.39 is 0 Å². The molecule has 0 radical (unpaired) electrons. The Balaban J connectivity index is 1.98. The molecule has 108 valence electrons. The summed E-state index contributed by atoms with van der Waals surface area (Å²) in [6, 6.07) is 2.25. The second-order valence-corrected chi connectivity index (χ2v) is 10.9. The minimum Gasteiger partial charge on any atom is -0.131 e. The molecule has 4 heteroatoms. The van der Waals surface area contributed by atoms with Crippen LogP contribution < -0.4 is 0 Å². The Morgan fingerprint density at radius 3 is 2.16 bits per heavy atom. The molecule has 1 fully saturated rings. The third-order valence-corrected chi connectivity index (χ3v) is 9.23. The Bertz CT molecular complexity index is 406. The quantitative estimate of drug-likeness (QED) is 0.389. The average Bonchev–Trinajstić information content (AvgIpc) is 2.68. The van der Waals surface area contributed by atoms with E-state index in [1.807, 2.05) is 11.3 Å². The van der Waals surface area contributed by atoms with Crippen LogP contribution in [0.3, 0.4) is 0 Å². The molecule has 1 aliphatic carbocycles. The summed E-state index contributed by atoms with van der Waals surface area (Å²) >= 11 is 13.0. The number of hydrogen-bond donors (Lipinski definition) is 0. The summed E-state index contributed by atoms with van der Waals surface area (Å²) in [4.78, 5) is 1.96. The molecule has 1 aliphatic rings. The molecule has 0 aromatic carbocycles. The van der Waals surface area contributed by atoms with Crippen molar-refractivity contribution >= 4 is 59.1 Å². The predicted molar refractivity (Wildman–Crippen MR) is 96.3 cm³/mol. The van der Waals surface area contributed by atoms with E-state index in [1.165, 1.54) is 38.8 Å². The minimum absolute atomic E-state index is 0.474. The van der Waals surface area contributed by atoms with Gasteiger partial charge in [-0.25, -0.2) is 0 Å². The zero-order chi connectivity index (χ0) is 14.2. The largest absolute Gasteiger partial charge is 0.131 e. The number of rotatable bonds is 2. The summed E-state index contributed by atoms with van der Waals surface area (Å²) < 4.78 is 2.38. The predicted octanol–water partition coefficient (Wildman–Crippen LogP) is 7.56. The normalized spacial score (nSPS) is 26.4. The van der Waals surface area contributed by atoms with Crippen molar-refractivity contribution < 1.29 is 0 Å². The van der Waals surface area contributed by atoms with Crippen molar-refractivity contribution in [2.24, 2.45) is 17.3 Å². The Morgan fingerprint density at radius 1 is 1.16 bits per heavy atom. The fourth-order valence-electron chi connectivity index (χ4n) is 3.01. The van der Waals surface area contributed by atoms with E-state index in [4.69, 9.17) is 0 Å². The van der Waals surface area contributed by atoms with Crippen LogP contribution in [0.4, 0.5) is 0 Å². The highest BCUT2D eigenvalue weighted by Crippen LogP contribution is 2.48. The Morgan fingerprint density at radius 2 is 1.74 bits per heavy atom. The van der Waals surface area contributed by atoms with Crippen LogP contribution in [-0.4, -0.2) is 0 Å². The zero-order valence-corrected chi connectivity index (χ0v) is 17.3. The van der Waals surface area contributed by atoms with Gasteiger partial charge in [-0.2, -0.15) is 0 Å². The standard InChI is InChI=1S/C15H21Br3S/c1-15(2,3)10-6-4-9(5-7-10)13(17)12-8-11(16)14(18)19-12/h8-10,13H,4-7H2,1-3H3. The van der Waals surface area contributed by atoms with Gasteiger partial charge in [0.15, 0.2) is 0 Å². The Labute approximate surface area is 146 Å². The molecule has 0 spiro atoms. The van der Waals surface area contributed by atoms with Crippen molar-refractivity contribution in [2.45, 2.75) is 51.3 Å². The van der Waals surface area contributed by atoms with E-state index in [0.29, 0.717) is 10.2 Å². The second kappa shape index (κ2) is 6.50. The number of hydrogen-bond acceptors (Lipinski definition) is 1. The second-order valence-electron chi connectivity index (χ2n) is 6.65. The molecular weight excluding hydrogens is 452 g/mol. The van der Waals surface area contributed by atoms with Crippen molar-refractivity contribution in [1.29, 1.82) is 0 Å². The first kappa shape index (κ1) is 16.5. The van der Waals surface area contributed by atoms with Crippen LogP contribution in [0, 0.1) is 17.3 Å². The Kier molecular flexibility index (Phi) is 5.64. The molecule has 0 saturated heterocycles. The maximum atomic E-state index is 3.93. The first-order chi connectivity index (χ1) is 8.79. The molecule has 19 heavy (non-hydrogen) atoms. The maximum absolute atomic E-state index is 3.93. The summed E-state index contributed by atoms with van der Waals surface area (Å²) in [5, 5.41) is 0. The van der Waals surface area contributed by atoms with Crippen LogP contribution in [0.25, 0.3) is 0 Å². The van der Waals surface area contributed by atoms with Gasteiger partial charge < -0.3 is 0 Å². The molecule has 2 rings (SSSR count). The van der Waals surface area contributed by atoms with E-state index in [1.54, 1.807) is 0 Å². The zero-order valence-electron chi connectivity index (χ0n) is 11.7. The maximum Gasteiger partial charge on any atom is 0.0843 e. The molecule has 1 aromatic rings. The molecular formula is C15H21Br3S. The molecule has 0 amide bonds. The van der Waals surface area contributed by atoms with Crippen LogP contribution >= 0.6 is 59.1 Å². The van der Waals surface area contributed by atoms with Crippen molar-refractivity contribution in [3.05, 3.63) is 19.2 Å². The lowest BCUT2D eigenvalue weighted by molar-refractivity contribution is 0.150. The van der Waals surface area contributed by atoms with Gasteiger partial charge in [0, 0.05) is 9.35 Å². The van der Waals surface area contributed by atoms with Crippen LogP contribution in [0.15, 0.2) is 14.3 Å². The SMILES string of the molecule is CC(C)(C)C1CCC(C(Br)c2cc(Br)c(Br)s2)CC1. The monoisotopic (exact) mass is 470 g/mol. The molecule has 1 unspecified atom stereocenters. The van der Waals surface area contributed by atoms with Gasteiger partial charge in [0.2, 0.25) is 0 Å². The lowest BCUT2D eigenvalue weighted by Crippen LogP contribution is -2.26. The van der Waals surface area contributed by atoms with Crippen LogP contribution in [0.2, 0.25) is 0 Å². The van der Waals surface area contributed by atoms with Gasteiger partial charge in [-0.1, -0.05) is 36.7 Å². The van der Waals surface area contributed by atoms with Crippen molar-refractivity contribution in [3.8, 4) is 0 Å². The van der Waals surface area contributed by atoms with E-state index >= 15 is 0 Å². The summed E-state index contributed by atoms with van der Waals surface area (Å²) in [6.07, 6.45) is 5.46. The fourth-order valence-corrected chi connectivity index (χ4v) is 6.11. The topological polar surface area (TPSA) is 0 Å². The molecule has 1 atom stereocenters. The Hall–Kier alpha value is 1.14. The highest BCUT2D eigenvalue weighted by Gasteiger charge is 2.33. The first-order valence-electron chi connectivity index (χ1n) is 6.88. The van der Waals surface area contributed by atoms with Gasteiger partial charge in [-0.05, 0) is 80.9 Å². The van der Waals surface area contributed by atoms with Gasteiger partial charge >= 0.3 is 0 Å². The first-order valence-corrected chi connectivity index (χ1v) is 10.2. The molecule has 0 aliphatic heterocycles. The van der Waals surface area contributed by atoms with Crippen molar-refractivity contribution in [3.63, 3.8) is 0 Å². The lowest BCUT2D eigenvalue weighted by Gasteiger charge is -2.38. The third-order valence-electron chi connectivity index (χ3n) is 4.35. The van der Waals surface area contributed by atoms with E-state index in [2.05, 4.69) is 74.6 Å². The lowest BCUT2D eigenvalue weighted by atomic mass is 9.69. The summed E-state index contributed by atoms with van der Waals surface area (Å²) in [6.45, 7) is 7.16. The molecule has 1 heterocycles. The van der Waals surface area contributed by atoms with Crippen molar-refractivity contribution in [1.82, 2.24) is 0 Å².